The van der Waals surface area contributed by atoms with Crippen LogP contribution in [0.5, 0.6) is 0 Å². The third-order valence-electron chi connectivity index (χ3n) is 3.50. The second kappa shape index (κ2) is 6.88. The Hall–Kier alpha value is -1.94. The minimum atomic E-state index is -0.197. The van der Waals surface area contributed by atoms with Gasteiger partial charge in [-0.05, 0) is 18.1 Å². The Labute approximate surface area is 136 Å². The molecule has 4 nitrogen and oxygen atoms in total. The lowest BCUT2D eigenvalue weighted by Gasteiger charge is -2.19. The Morgan fingerprint density at radius 2 is 2.00 bits per heavy atom. The molecule has 5 heteroatoms. The normalized spacial score (nSPS) is 10.8. The van der Waals surface area contributed by atoms with Crippen molar-refractivity contribution in [2.75, 3.05) is 7.05 Å². The van der Waals surface area contributed by atoms with Crippen LogP contribution in [0.4, 0.5) is 0 Å². The summed E-state index contributed by atoms with van der Waals surface area (Å²) in [6.45, 7) is 6.51. The molecule has 0 saturated heterocycles. The molecule has 0 aliphatic carbocycles. The van der Waals surface area contributed by atoms with Crippen molar-refractivity contribution < 1.29 is 4.79 Å². The molecule has 2 rings (SSSR count). The average Bonchev–Trinajstić information content (AvgIpc) is 2.49. The number of hydrogen-bond donors (Lipinski definition) is 0. The van der Waals surface area contributed by atoms with Gasteiger partial charge in [0.05, 0.1) is 11.2 Å². The van der Waals surface area contributed by atoms with Crippen LogP contribution in [0, 0.1) is 6.92 Å². The first-order chi connectivity index (χ1) is 10.4. The highest BCUT2D eigenvalue weighted by Crippen LogP contribution is 2.19. The molecule has 0 aliphatic heterocycles. The van der Waals surface area contributed by atoms with Crippen molar-refractivity contribution in [2.24, 2.45) is 0 Å². The first-order valence-electron chi connectivity index (χ1n) is 7.22. The number of benzene rings is 1. The van der Waals surface area contributed by atoms with Gasteiger partial charge in [0.25, 0.3) is 5.91 Å². The smallest absolute Gasteiger partial charge is 0.274 e. The molecule has 116 valence electrons. The van der Waals surface area contributed by atoms with Crippen LogP contribution < -0.4 is 0 Å². The second-order valence-corrected chi connectivity index (χ2v) is 6.07. The van der Waals surface area contributed by atoms with Gasteiger partial charge >= 0.3 is 0 Å². The summed E-state index contributed by atoms with van der Waals surface area (Å²) in [5.74, 6) is 0.570. The van der Waals surface area contributed by atoms with E-state index < -0.39 is 0 Å². The quantitative estimate of drug-likeness (QED) is 0.861. The Morgan fingerprint density at radius 1 is 1.32 bits per heavy atom. The maximum atomic E-state index is 12.6. The average molecular weight is 318 g/mol. The summed E-state index contributed by atoms with van der Waals surface area (Å²) in [4.78, 5) is 22.7. The van der Waals surface area contributed by atoms with E-state index in [2.05, 4.69) is 9.97 Å². The fraction of sp³-hybridized carbons (Fsp3) is 0.353. The number of halogens is 1. The van der Waals surface area contributed by atoms with Crippen molar-refractivity contribution in [3.63, 3.8) is 0 Å². The van der Waals surface area contributed by atoms with Crippen molar-refractivity contribution in [1.29, 1.82) is 0 Å². The van der Waals surface area contributed by atoms with E-state index in [4.69, 9.17) is 11.6 Å². The minimum absolute atomic E-state index is 0.144. The molecule has 1 aromatic heterocycles. The predicted octanol–water partition coefficient (Wildman–Crippen LogP) is 3.83. The van der Waals surface area contributed by atoms with Gasteiger partial charge in [-0.1, -0.05) is 49.7 Å². The highest BCUT2D eigenvalue weighted by molar-refractivity contribution is 6.33. The summed E-state index contributed by atoms with van der Waals surface area (Å²) in [6.07, 6.45) is 1.50. The standard InChI is InChI=1S/C17H20ClN3O/c1-11(2)16-19-9-14(18)15(20-16)17(22)21(4)10-13-8-6-5-7-12(13)3/h5-9,11H,10H2,1-4H3. The molecular formula is C17H20ClN3O. The van der Waals surface area contributed by atoms with Crippen molar-refractivity contribution in [1.82, 2.24) is 14.9 Å². The lowest BCUT2D eigenvalue weighted by Crippen LogP contribution is -2.28. The van der Waals surface area contributed by atoms with Gasteiger partial charge in [-0.3, -0.25) is 4.79 Å². The van der Waals surface area contributed by atoms with E-state index in [0.717, 1.165) is 11.1 Å². The fourth-order valence-electron chi connectivity index (χ4n) is 2.10. The van der Waals surface area contributed by atoms with Crippen molar-refractivity contribution >= 4 is 17.5 Å². The number of carbonyl (C=O) groups is 1. The van der Waals surface area contributed by atoms with E-state index >= 15 is 0 Å². The Balaban J connectivity index is 2.24. The van der Waals surface area contributed by atoms with Crippen LogP contribution >= 0.6 is 11.6 Å². The molecule has 0 aliphatic rings. The van der Waals surface area contributed by atoms with E-state index in [1.54, 1.807) is 11.9 Å². The van der Waals surface area contributed by atoms with Gasteiger partial charge in [-0.15, -0.1) is 0 Å². The third kappa shape index (κ3) is 3.63. The van der Waals surface area contributed by atoms with Gasteiger partial charge in [0.15, 0.2) is 5.69 Å². The highest BCUT2D eigenvalue weighted by atomic mass is 35.5. The molecule has 0 radical (unpaired) electrons. The van der Waals surface area contributed by atoms with Crippen LogP contribution in [-0.4, -0.2) is 27.8 Å². The molecule has 0 fully saturated rings. The van der Waals surface area contributed by atoms with Crippen LogP contribution in [0.25, 0.3) is 0 Å². The number of nitrogens with zero attached hydrogens (tertiary/aromatic N) is 3. The molecule has 1 amide bonds. The van der Waals surface area contributed by atoms with E-state index in [1.807, 2.05) is 45.0 Å². The van der Waals surface area contributed by atoms with Gasteiger partial charge < -0.3 is 4.90 Å². The van der Waals surface area contributed by atoms with Gasteiger partial charge in [-0.2, -0.15) is 0 Å². The zero-order valence-corrected chi connectivity index (χ0v) is 14.1. The summed E-state index contributed by atoms with van der Waals surface area (Å²) >= 11 is 6.10. The van der Waals surface area contributed by atoms with E-state index in [0.29, 0.717) is 12.4 Å². The number of amides is 1. The van der Waals surface area contributed by atoms with Gasteiger partial charge in [-0.25, -0.2) is 9.97 Å². The predicted molar refractivity (Wildman–Crippen MR) is 88.1 cm³/mol. The molecule has 2 aromatic rings. The van der Waals surface area contributed by atoms with E-state index in [-0.39, 0.29) is 22.5 Å². The molecule has 1 heterocycles. The molecule has 0 unspecified atom stereocenters. The lowest BCUT2D eigenvalue weighted by molar-refractivity contribution is 0.0778. The molecule has 0 saturated carbocycles. The molecular weight excluding hydrogens is 298 g/mol. The van der Waals surface area contributed by atoms with Crippen LogP contribution in [0.15, 0.2) is 30.5 Å². The first-order valence-corrected chi connectivity index (χ1v) is 7.60. The maximum absolute atomic E-state index is 12.6. The number of hydrogen-bond acceptors (Lipinski definition) is 3. The SMILES string of the molecule is Cc1ccccc1CN(C)C(=O)c1nc(C(C)C)ncc1Cl. The Bertz CT molecular complexity index is 685. The molecule has 0 bridgehead atoms. The molecule has 0 N–H and O–H groups in total. The third-order valence-corrected chi connectivity index (χ3v) is 3.77. The largest absolute Gasteiger partial charge is 0.336 e. The van der Waals surface area contributed by atoms with Gasteiger partial charge in [0.1, 0.15) is 5.82 Å². The monoisotopic (exact) mass is 317 g/mol. The number of aromatic nitrogens is 2. The summed E-state index contributed by atoms with van der Waals surface area (Å²) in [5.41, 5.74) is 2.52. The summed E-state index contributed by atoms with van der Waals surface area (Å²) in [5, 5.41) is 0.283. The van der Waals surface area contributed by atoms with E-state index in [9.17, 15) is 4.79 Å². The number of rotatable bonds is 4. The summed E-state index contributed by atoms with van der Waals surface area (Å²) in [6, 6.07) is 7.99. The number of carbonyl (C=O) groups excluding carboxylic acids is 1. The van der Waals surface area contributed by atoms with Gasteiger partial charge in [0.2, 0.25) is 0 Å². The Morgan fingerprint density at radius 3 is 2.64 bits per heavy atom. The van der Waals surface area contributed by atoms with Crippen molar-refractivity contribution in [3.8, 4) is 0 Å². The first kappa shape index (κ1) is 16.4. The molecule has 1 aromatic carbocycles. The summed E-state index contributed by atoms with van der Waals surface area (Å²) < 4.78 is 0. The molecule has 22 heavy (non-hydrogen) atoms. The zero-order chi connectivity index (χ0) is 16.3. The van der Waals surface area contributed by atoms with Crippen LogP contribution in [0.2, 0.25) is 5.02 Å². The second-order valence-electron chi connectivity index (χ2n) is 5.67. The fourth-order valence-corrected chi connectivity index (χ4v) is 2.28. The van der Waals surface area contributed by atoms with Gasteiger partial charge in [0, 0.05) is 19.5 Å². The zero-order valence-electron chi connectivity index (χ0n) is 13.3. The van der Waals surface area contributed by atoms with E-state index in [1.165, 1.54) is 6.20 Å². The Kier molecular flexibility index (Phi) is 5.14. The van der Waals surface area contributed by atoms with Crippen LogP contribution in [0.3, 0.4) is 0 Å². The number of aryl methyl sites for hydroxylation is 1. The van der Waals surface area contributed by atoms with Crippen LogP contribution in [-0.2, 0) is 6.54 Å². The van der Waals surface area contributed by atoms with Crippen LogP contribution in [0.1, 0.15) is 47.2 Å². The van der Waals surface area contributed by atoms with Crippen molar-refractivity contribution in [2.45, 2.75) is 33.2 Å². The molecule has 0 atom stereocenters. The van der Waals surface area contributed by atoms with Crippen molar-refractivity contribution in [3.05, 3.63) is 58.1 Å². The molecule has 0 spiro atoms. The topological polar surface area (TPSA) is 46.1 Å². The highest BCUT2D eigenvalue weighted by Gasteiger charge is 2.19. The maximum Gasteiger partial charge on any atom is 0.274 e. The minimum Gasteiger partial charge on any atom is -0.336 e. The summed E-state index contributed by atoms with van der Waals surface area (Å²) in [7, 11) is 1.75. The lowest BCUT2D eigenvalue weighted by atomic mass is 10.1.